The maximum absolute atomic E-state index is 12.8. The Balaban J connectivity index is 1.45. The Morgan fingerprint density at radius 3 is 2.77 bits per heavy atom. The van der Waals surface area contributed by atoms with Crippen molar-refractivity contribution >= 4 is 5.91 Å². The second-order valence-electron chi connectivity index (χ2n) is 7.63. The van der Waals surface area contributed by atoms with Crippen LogP contribution in [0.4, 0.5) is 0 Å². The highest BCUT2D eigenvalue weighted by molar-refractivity contribution is 5.92. The highest BCUT2D eigenvalue weighted by atomic mass is 16.5. The molecule has 2 atom stereocenters. The molecule has 1 aliphatic carbocycles. The SMILES string of the molecule is Cc1cc(C(=O)N2CC[C@@H](OCC3CC3)[C@H](Cc3ccccc3)C2)no1. The molecule has 0 N–H and O–H groups in total. The summed E-state index contributed by atoms with van der Waals surface area (Å²) in [6.07, 6.45) is 4.63. The van der Waals surface area contributed by atoms with E-state index < -0.39 is 0 Å². The number of hydrogen-bond acceptors (Lipinski definition) is 4. The summed E-state index contributed by atoms with van der Waals surface area (Å²) in [5.74, 6) is 1.68. The van der Waals surface area contributed by atoms with E-state index in [1.807, 2.05) is 11.0 Å². The Bertz CT molecular complexity index is 739. The van der Waals surface area contributed by atoms with Crippen LogP contribution in [0.1, 0.15) is 41.1 Å². The molecule has 0 radical (unpaired) electrons. The molecule has 1 aliphatic heterocycles. The molecule has 1 amide bonds. The van der Waals surface area contributed by atoms with Crippen LogP contribution in [-0.4, -0.2) is 41.8 Å². The second kappa shape index (κ2) is 7.62. The summed E-state index contributed by atoms with van der Waals surface area (Å²) in [6.45, 7) is 4.09. The number of piperidine rings is 1. The fraction of sp³-hybridized carbons (Fsp3) is 0.524. The van der Waals surface area contributed by atoms with Gasteiger partial charge in [-0.15, -0.1) is 0 Å². The predicted molar refractivity (Wildman–Crippen MR) is 97.9 cm³/mol. The predicted octanol–water partition coefficient (Wildman–Crippen LogP) is 3.48. The Morgan fingerprint density at radius 1 is 1.27 bits per heavy atom. The molecule has 4 rings (SSSR count). The number of ether oxygens (including phenoxy) is 1. The van der Waals surface area contributed by atoms with Crippen LogP contribution in [0.3, 0.4) is 0 Å². The van der Waals surface area contributed by atoms with Crippen LogP contribution in [0, 0.1) is 18.8 Å². The van der Waals surface area contributed by atoms with E-state index in [0.29, 0.717) is 30.5 Å². The molecule has 26 heavy (non-hydrogen) atoms. The van der Waals surface area contributed by atoms with Gasteiger partial charge in [0.2, 0.25) is 0 Å². The van der Waals surface area contributed by atoms with Gasteiger partial charge in [0.1, 0.15) is 5.76 Å². The zero-order valence-corrected chi connectivity index (χ0v) is 15.3. The molecule has 2 heterocycles. The first-order valence-corrected chi connectivity index (χ1v) is 9.57. The average molecular weight is 354 g/mol. The molecule has 2 aromatic rings. The fourth-order valence-corrected chi connectivity index (χ4v) is 3.70. The third-order valence-electron chi connectivity index (χ3n) is 5.38. The summed E-state index contributed by atoms with van der Waals surface area (Å²) >= 11 is 0. The van der Waals surface area contributed by atoms with Crippen molar-refractivity contribution in [1.29, 1.82) is 0 Å². The molecule has 1 aromatic heterocycles. The lowest BCUT2D eigenvalue weighted by Crippen LogP contribution is -2.47. The largest absolute Gasteiger partial charge is 0.377 e. The Hall–Kier alpha value is -2.14. The molecule has 2 aliphatic rings. The molecular weight excluding hydrogens is 328 g/mol. The van der Waals surface area contributed by atoms with E-state index in [9.17, 15) is 4.79 Å². The number of likely N-dealkylation sites (tertiary alicyclic amines) is 1. The van der Waals surface area contributed by atoms with Crippen molar-refractivity contribution in [3.8, 4) is 0 Å². The van der Waals surface area contributed by atoms with Gasteiger partial charge in [0, 0.05) is 31.7 Å². The minimum atomic E-state index is -0.0412. The van der Waals surface area contributed by atoms with Gasteiger partial charge in [0.15, 0.2) is 5.69 Å². The van der Waals surface area contributed by atoms with Gasteiger partial charge in [0.05, 0.1) is 6.10 Å². The van der Waals surface area contributed by atoms with Crippen LogP contribution in [0.25, 0.3) is 0 Å². The summed E-state index contributed by atoms with van der Waals surface area (Å²) < 4.78 is 11.3. The monoisotopic (exact) mass is 354 g/mol. The van der Waals surface area contributed by atoms with Crippen molar-refractivity contribution in [2.75, 3.05) is 19.7 Å². The minimum Gasteiger partial charge on any atom is -0.377 e. The normalized spacial score (nSPS) is 23.2. The highest BCUT2D eigenvalue weighted by Gasteiger charge is 2.34. The molecule has 1 aromatic carbocycles. The molecule has 5 heteroatoms. The summed E-state index contributed by atoms with van der Waals surface area (Å²) in [5, 5.41) is 3.89. The topological polar surface area (TPSA) is 55.6 Å². The number of carbonyl (C=O) groups is 1. The smallest absolute Gasteiger partial charge is 0.276 e. The Morgan fingerprint density at radius 2 is 2.08 bits per heavy atom. The lowest BCUT2D eigenvalue weighted by molar-refractivity contribution is -0.0327. The average Bonchev–Trinajstić information content (AvgIpc) is 3.39. The van der Waals surface area contributed by atoms with Gasteiger partial charge >= 0.3 is 0 Å². The van der Waals surface area contributed by atoms with Crippen molar-refractivity contribution in [3.63, 3.8) is 0 Å². The number of aromatic nitrogens is 1. The van der Waals surface area contributed by atoms with E-state index in [2.05, 4.69) is 29.4 Å². The van der Waals surface area contributed by atoms with Crippen LogP contribution in [0.5, 0.6) is 0 Å². The van der Waals surface area contributed by atoms with Crippen molar-refractivity contribution in [2.45, 2.75) is 38.7 Å². The summed E-state index contributed by atoms with van der Waals surface area (Å²) in [7, 11) is 0. The minimum absolute atomic E-state index is 0.0412. The standard InChI is InChI=1S/C21H26N2O3/c1-15-11-19(22-26-15)21(24)23-10-9-20(25-14-17-7-8-17)18(13-23)12-16-5-3-2-4-6-16/h2-6,11,17-18,20H,7-10,12-14H2,1H3/t18-,20-/m1/s1. The number of carbonyl (C=O) groups excluding carboxylic acids is 1. The van der Waals surface area contributed by atoms with Gasteiger partial charge in [-0.2, -0.15) is 0 Å². The lowest BCUT2D eigenvalue weighted by Gasteiger charge is -2.38. The number of rotatable bonds is 6. The number of hydrogen-bond donors (Lipinski definition) is 0. The van der Waals surface area contributed by atoms with Crippen LogP contribution < -0.4 is 0 Å². The number of aryl methyl sites for hydroxylation is 1. The maximum atomic E-state index is 12.8. The van der Waals surface area contributed by atoms with Gasteiger partial charge < -0.3 is 14.2 Å². The van der Waals surface area contributed by atoms with Gasteiger partial charge in [-0.25, -0.2) is 0 Å². The number of benzene rings is 1. The molecule has 2 fully saturated rings. The Labute approximate surface area is 154 Å². The van der Waals surface area contributed by atoms with Gasteiger partial charge in [-0.05, 0) is 44.1 Å². The first-order chi connectivity index (χ1) is 12.7. The fourth-order valence-electron chi connectivity index (χ4n) is 3.70. The molecule has 138 valence electrons. The van der Waals surface area contributed by atoms with Crippen molar-refractivity contribution in [3.05, 3.63) is 53.4 Å². The number of nitrogens with zero attached hydrogens (tertiary/aromatic N) is 2. The van der Waals surface area contributed by atoms with Crippen molar-refractivity contribution in [2.24, 2.45) is 11.8 Å². The molecule has 1 saturated carbocycles. The van der Waals surface area contributed by atoms with E-state index in [-0.39, 0.29) is 12.0 Å². The van der Waals surface area contributed by atoms with Crippen molar-refractivity contribution in [1.82, 2.24) is 10.1 Å². The third-order valence-corrected chi connectivity index (χ3v) is 5.38. The van der Waals surface area contributed by atoms with Crippen LogP contribution in [0.15, 0.2) is 40.9 Å². The zero-order valence-electron chi connectivity index (χ0n) is 15.3. The molecule has 0 unspecified atom stereocenters. The second-order valence-corrected chi connectivity index (χ2v) is 7.63. The molecule has 0 spiro atoms. The first kappa shape index (κ1) is 17.3. The van der Waals surface area contributed by atoms with Crippen LogP contribution in [-0.2, 0) is 11.2 Å². The van der Waals surface area contributed by atoms with E-state index in [1.54, 1.807) is 13.0 Å². The van der Waals surface area contributed by atoms with Gasteiger partial charge in [-0.3, -0.25) is 4.79 Å². The van der Waals surface area contributed by atoms with Crippen molar-refractivity contribution < 1.29 is 14.1 Å². The van der Waals surface area contributed by atoms with E-state index in [1.165, 1.54) is 18.4 Å². The quantitative estimate of drug-likeness (QED) is 0.797. The van der Waals surface area contributed by atoms with E-state index in [4.69, 9.17) is 9.26 Å². The Kier molecular flexibility index (Phi) is 5.07. The third kappa shape index (κ3) is 4.15. The van der Waals surface area contributed by atoms with Crippen LogP contribution in [0.2, 0.25) is 0 Å². The maximum Gasteiger partial charge on any atom is 0.276 e. The van der Waals surface area contributed by atoms with E-state index in [0.717, 1.165) is 25.4 Å². The molecule has 5 nitrogen and oxygen atoms in total. The summed E-state index contributed by atoms with van der Waals surface area (Å²) in [4.78, 5) is 14.7. The van der Waals surface area contributed by atoms with Crippen LogP contribution >= 0.6 is 0 Å². The molecule has 0 bridgehead atoms. The first-order valence-electron chi connectivity index (χ1n) is 9.57. The van der Waals surface area contributed by atoms with E-state index >= 15 is 0 Å². The highest BCUT2D eigenvalue weighted by Crippen LogP contribution is 2.32. The number of amides is 1. The summed E-state index contributed by atoms with van der Waals surface area (Å²) in [6, 6.07) is 12.2. The lowest BCUT2D eigenvalue weighted by atomic mass is 9.88. The molecular formula is C21H26N2O3. The summed E-state index contributed by atoms with van der Waals surface area (Å²) in [5.41, 5.74) is 1.70. The van der Waals surface area contributed by atoms with Gasteiger partial charge in [0.25, 0.3) is 5.91 Å². The zero-order chi connectivity index (χ0) is 17.9. The van der Waals surface area contributed by atoms with Gasteiger partial charge in [-0.1, -0.05) is 35.5 Å². The molecule has 1 saturated heterocycles.